The Hall–Kier alpha value is -1.78. The molecule has 4 rings (SSSR count). The zero-order valence-electron chi connectivity index (χ0n) is 16.8. The van der Waals surface area contributed by atoms with Crippen LogP contribution in [0.15, 0.2) is 34.7 Å². The van der Waals surface area contributed by atoms with Crippen LogP contribution in [0.3, 0.4) is 0 Å². The summed E-state index contributed by atoms with van der Waals surface area (Å²) >= 11 is 12.9. The van der Waals surface area contributed by atoms with Crippen molar-refractivity contribution in [2.75, 3.05) is 13.7 Å². The highest BCUT2D eigenvalue weighted by molar-refractivity contribution is 6.35. The normalized spacial score (nSPS) is 20.2. The number of hydrogen-bond donors (Lipinski definition) is 0. The first kappa shape index (κ1) is 20.5. The maximum atomic E-state index is 13.1. The lowest BCUT2D eigenvalue weighted by molar-refractivity contribution is -0.117. The zero-order chi connectivity index (χ0) is 20.7. The number of ether oxygens (including phenoxy) is 1. The molecule has 1 heterocycles. The number of halogens is 2. The van der Waals surface area contributed by atoms with E-state index >= 15 is 0 Å². The van der Waals surface area contributed by atoms with Crippen molar-refractivity contribution in [1.29, 1.82) is 0 Å². The van der Waals surface area contributed by atoms with Gasteiger partial charge in [-0.3, -0.25) is 9.59 Å². The first-order chi connectivity index (χ1) is 13.9. The van der Waals surface area contributed by atoms with Crippen molar-refractivity contribution in [2.24, 2.45) is 0 Å². The minimum atomic E-state index is -0.458. The predicted molar refractivity (Wildman–Crippen MR) is 115 cm³/mol. The van der Waals surface area contributed by atoms with Gasteiger partial charge in [-0.1, -0.05) is 30.1 Å². The van der Waals surface area contributed by atoms with Crippen molar-refractivity contribution in [3.05, 3.63) is 50.3 Å². The lowest BCUT2D eigenvalue weighted by atomic mass is 9.71. The molecule has 2 aliphatic carbocycles. The van der Waals surface area contributed by atoms with Crippen LogP contribution < -0.4 is 4.74 Å². The quantitative estimate of drug-likeness (QED) is 0.599. The number of Topliss-reactive ketones (excluding diaryl/α,β-unsaturated/α-hetero) is 2. The van der Waals surface area contributed by atoms with Crippen LogP contribution >= 0.6 is 23.2 Å². The third-order valence-corrected chi connectivity index (χ3v) is 6.54. The van der Waals surface area contributed by atoms with Crippen LogP contribution in [0.25, 0.3) is 0 Å². The SMILES string of the molecule is CCCOc1c(Cl)cc(Cl)cc1C1C2=C(CCCC2=O)N(C)C2=C1C(=O)CCC2. The smallest absolute Gasteiger partial charge is 0.161 e. The molecule has 1 aromatic carbocycles. The van der Waals surface area contributed by atoms with Gasteiger partial charge in [-0.2, -0.15) is 0 Å². The number of allylic oxidation sites excluding steroid dienone is 4. The minimum absolute atomic E-state index is 0.102. The van der Waals surface area contributed by atoms with E-state index in [0.29, 0.717) is 46.4 Å². The molecule has 0 spiro atoms. The molecule has 3 aliphatic rings. The van der Waals surface area contributed by atoms with Crippen molar-refractivity contribution < 1.29 is 14.3 Å². The molecule has 0 unspecified atom stereocenters. The molecular weight excluding hydrogens is 409 g/mol. The number of hydrogen-bond acceptors (Lipinski definition) is 4. The van der Waals surface area contributed by atoms with Gasteiger partial charge in [0.1, 0.15) is 5.75 Å². The summed E-state index contributed by atoms with van der Waals surface area (Å²) in [6.07, 6.45) is 5.16. The summed E-state index contributed by atoms with van der Waals surface area (Å²) in [6.45, 7) is 2.52. The van der Waals surface area contributed by atoms with E-state index in [1.54, 1.807) is 6.07 Å². The molecule has 0 saturated carbocycles. The van der Waals surface area contributed by atoms with Crippen LogP contribution in [0.2, 0.25) is 10.0 Å². The Morgan fingerprint density at radius 2 is 1.59 bits per heavy atom. The van der Waals surface area contributed by atoms with Crippen LogP contribution in [-0.2, 0) is 9.59 Å². The summed E-state index contributed by atoms with van der Waals surface area (Å²) in [5, 5.41) is 0.888. The fraction of sp³-hybridized carbons (Fsp3) is 0.478. The Labute approximate surface area is 181 Å². The third kappa shape index (κ3) is 3.51. The number of rotatable bonds is 4. The lowest BCUT2D eigenvalue weighted by Crippen LogP contribution is -2.37. The Morgan fingerprint density at radius 1 is 1.00 bits per heavy atom. The second-order valence-electron chi connectivity index (χ2n) is 7.92. The Balaban J connectivity index is 1.98. The van der Waals surface area contributed by atoms with E-state index in [-0.39, 0.29) is 11.6 Å². The van der Waals surface area contributed by atoms with Crippen LogP contribution in [0.4, 0.5) is 0 Å². The maximum Gasteiger partial charge on any atom is 0.161 e. The molecule has 154 valence electrons. The van der Waals surface area contributed by atoms with Crippen LogP contribution in [0.1, 0.15) is 63.4 Å². The number of ketones is 2. The topological polar surface area (TPSA) is 46.6 Å². The molecule has 4 nitrogen and oxygen atoms in total. The Kier molecular flexibility index (Phi) is 5.76. The zero-order valence-corrected chi connectivity index (χ0v) is 18.3. The molecule has 1 aliphatic heterocycles. The van der Waals surface area contributed by atoms with Gasteiger partial charge in [0.05, 0.1) is 11.6 Å². The molecule has 0 atom stereocenters. The van der Waals surface area contributed by atoms with Gasteiger partial charge in [-0.25, -0.2) is 0 Å². The van der Waals surface area contributed by atoms with Gasteiger partial charge in [-0.05, 0) is 44.2 Å². The molecule has 0 saturated heterocycles. The molecule has 0 bridgehead atoms. The number of benzene rings is 1. The molecular formula is C23H25Cl2NO3. The van der Waals surface area contributed by atoms with Crippen molar-refractivity contribution in [1.82, 2.24) is 4.90 Å². The highest BCUT2D eigenvalue weighted by Crippen LogP contribution is 2.51. The van der Waals surface area contributed by atoms with Crippen molar-refractivity contribution in [3.8, 4) is 5.75 Å². The molecule has 29 heavy (non-hydrogen) atoms. The first-order valence-corrected chi connectivity index (χ1v) is 11.1. The minimum Gasteiger partial charge on any atom is -0.492 e. The highest BCUT2D eigenvalue weighted by atomic mass is 35.5. The summed E-state index contributed by atoms with van der Waals surface area (Å²) in [5.41, 5.74) is 4.21. The number of nitrogens with zero attached hydrogens (tertiary/aromatic N) is 1. The van der Waals surface area contributed by atoms with Crippen molar-refractivity contribution in [3.63, 3.8) is 0 Å². The first-order valence-electron chi connectivity index (χ1n) is 10.3. The van der Waals surface area contributed by atoms with E-state index in [4.69, 9.17) is 27.9 Å². The Bertz CT molecular complexity index is 904. The van der Waals surface area contributed by atoms with Gasteiger partial charge in [0.2, 0.25) is 0 Å². The largest absolute Gasteiger partial charge is 0.492 e. The second kappa shape index (κ2) is 8.16. The standard InChI is InChI=1S/C23H25Cl2NO3/c1-3-10-29-23-14(11-13(24)12-15(23)25)20-21-16(6-4-8-18(21)27)26(2)17-7-5-9-19(28)22(17)20/h11-12,20H,3-10H2,1-2H3. The number of carbonyl (C=O) groups is 2. The van der Waals surface area contributed by atoms with Crippen LogP contribution in [0, 0.1) is 0 Å². The van der Waals surface area contributed by atoms with E-state index in [1.165, 1.54) is 0 Å². The Morgan fingerprint density at radius 3 is 2.14 bits per heavy atom. The predicted octanol–water partition coefficient (Wildman–Crippen LogP) is 5.83. The summed E-state index contributed by atoms with van der Waals surface area (Å²) in [7, 11) is 1.98. The van der Waals surface area contributed by atoms with Crippen molar-refractivity contribution >= 4 is 34.8 Å². The fourth-order valence-electron chi connectivity index (χ4n) is 4.81. The average molecular weight is 434 g/mol. The summed E-state index contributed by atoms with van der Waals surface area (Å²) in [5.74, 6) is 0.277. The van der Waals surface area contributed by atoms with Crippen LogP contribution in [-0.4, -0.2) is 30.1 Å². The van der Waals surface area contributed by atoms with Gasteiger partial charge in [0.25, 0.3) is 0 Å². The van der Waals surface area contributed by atoms with E-state index in [9.17, 15) is 9.59 Å². The third-order valence-electron chi connectivity index (χ3n) is 6.04. The van der Waals surface area contributed by atoms with Gasteiger partial charge in [0.15, 0.2) is 11.6 Å². The van der Waals surface area contributed by atoms with E-state index in [1.807, 2.05) is 20.0 Å². The van der Waals surface area contributed by atoms with Gasteiger partial charge >= 0.3 is 0 Å². The molecule has 6 heteroatoms. The van der Waals surface area contributed by atoms with Crippen LogP contribution in [0.5, 0.6) is 5.75 Å². The van der Waals surface area contributed by atoms with E-state index in [2.05, 4.69) is 4.90 Å². The molecule has 0 amide bonds. The van der Waals surface area contributed by atoms with E-state index in [0.717, 1.165) is 49.1 Å². The van der Waals surface area contributed by atoms with Gasteiger partial charge in [0, 0.05) is 58.9 Å². The molecule has 0 aromatic heterocycles. The van der Waals surface area contributed by atoms with Gasteiger partial charge in [-0.15, -0.1) is 0 Å². The monoisotopic (exact) mass is 433 g/mol. The maximum absolute atomic E-state index is 13.1. The fourth-order valence-corrected chi connectivity index (χ4v) is 5.38. The van der Waals surface area contributed by atoms with Crippen molar-refractivity contribution in [2.45, 2.75) is 57.8 Å². The van der Waals surface area contributed by atoms with E-state index < -0.39 is 5.92 Å². The molecule has 0 radical (unpaired) electrons. The second-order valence-corrected chi connectivity index (χ2v) is 8.76. The summed E-state index contributed by atoms with van der Waals surface area (Å²) in [6, 6.07) is 3.47. The summed E-state index contributed by atoms with van der Waals surface area (Å²) in [4.78, 5) is 28.3. The molecule has 0 fully saturated rings. The van der Waals surface area contributed by atoms with Gasteiger partial charge < -0.3 is 9.64 Å². The molecule has 1 aromatic rings. The highest BCUT2D eigenvalue weighted by Gasteiger charge is 2.43. The number of carbonyl (C=O) groups excluding carboxylic acids is 2. The lowest BCUT2D eigenvalue weighted by Gasteiger charge is -2.42. The summed E-state index contributed by atoms with van der Waals surface area (Å²) < 4.78 is 6.01. The molecule has 0 N–H and O–H groups in total. The average Bonchev–Trinajstić information content (AvgIpc) is 2.68.